The average molecular weight is 1090 g/mol. The van der Waals surface area contributed by atoms with Crippen LogP contribution in [0, 0.1) is 0 Å². The molecule has 0 saturated heterocycles. The number of aliphatic hydroxyl groups excluding tert-OH is 1. The molecule has 12 heteroatoms. The molecule has 0 heterocycles. The zero-order valence-corrected chi connectivity index (χ0v) is 50.1. The van der Waals surface area contributed by atoms with Crippen molar-refractivity contribution in [1.29, 1.82) is 0 Å². The van der Waals surface area contributed by atoms with Gasteiger partial charge in [0.15, 0.2) is 6.10 Å². The van der Waals surface area contributed by atoms with Crippen LogP contribution in [0.5, 0.6) is 0 Å². The lowest BCUT2D eigenvalue weighted by molar-refractivity contribution is -0.161. The zero-order chi connectivity index (χ0) is 55.5. The van der Waals surface area contributed by atoms with E-state index < -0.39 is 57.8 Å². The van der Waals surface area contributed by atoms with Crippen LogP contribution in [0.25, 0.3) is 0 Å². The summed E-state index contributed by atoms with van der Waals surface area (Å²) in [6.07, 6.45) is 63.4. The maximum Gasteiger partial charge on any atom is 0.472 e. The Labute approximate surface area is 466 Å². The lowest BCUT2D eigenvalue weighted by atomic mass is 10.0. The van der Waals surface area contributed by atoms with Gasteiger partial charge in [0, 0.05) is 19.3 Å². The molecule has 0 fully saturated rings. The van der Waals surface area contributed by atoms with Gasteiger partial charge in [-0.3, -0.25) is 23.4 Å². The summed E-state index contributed by atoms with van der Waals surface area (Å²) in [5.74, 6) is -1.46. The normalized spacial score (nSPS) is 13.6. The van der Waals surface area contributed by atoms with Crippen LogP contribution in [0.3, 0.4) is 0 Å². The molecule has 0 aliphatic carbocycles. The van der Waals surface area contributed by atoms with E-state index in [2.05, 4.69) is 69.4 Å². The summed E-state index contributed by atoms with van der Waals surface area (Å²) in [5.41, 5.74) is 0. The van der Waals surface area contributed by atoms with Gasteiger partial charge in [-0.25, -0.2) is 4.57 Å². The third kappa shape index (κ3) is 56.2. The van der Waals surface area contributed by atoms with Crippen LogP contribution >= 0.6 is 7.82 Å². The highest BCUT2D eigenvalue weighted by atomic mass is 31.2. The van der Waals surface area contributed by atoms with E-state index >= 15 is 0 Å². The number of aliphatic hydroxyl groups is 1. The first-order valence-corrected chi connectivity index (χ1v) is 33.0. The molecular formula is C64H117O11P. The average Bonchev–Trinajstić information content (AvgIpc) is 3.41. The minimum Gasteiger partial charge on any atom is -0.462 e. The van der Waals surface area contributed by atoms with Gasteiger partial charge in [-0.2, -0.15) is 0 Å². The number of phosphoric ester groups is 1. The molecule has 11 nitrogen and oxygen atoms in total. The molecule has 2 N–H and O–H groups in total. The number of hydrogen-bond acceptors (Lipinski definition) is 10. The standard InChI is InChI=1S/C64H117O11P/c1-4-7-10-13-16-19-22-25-28-30-33-36-39-42-45-48-51-54-63(67)74-60(56-65)58-72-76(69,70)73-59-61(57-71-62(66)53-50-47-44-41-38-35-32-27-24-21-18-15-12-9-6-3)75-64(68)55-52-49-46-43-40-37-34-31-29-26-23-20-17-14-11-8-5-2/h8,11,17,20,25-26,28-29,60-61,65H,4-7,9-10,12-16,18-19,21-24,27,30-59H2,1-3H3,(H,69,70)/b11-8-,20-17-,28-25-,29-26-. The van der Waals surface area contributed by atoms with Gasteiger partial charge >= 0.3 is 25.7 Å². The summed E-state index contributed by atoms with van der Waals surface area (Å²) in [6, 6.07) is 0. The van der Waals surface area contributed by atoms with Crippen molar-refractivity contribution < 1.29 is 52.2 Å². The Balaban J connectivity index is 4.68. The molecule has 0 aromatic rings. The molecule has 0 saturated carbocycles. The van der Waals surface area contributed by atoms with E-state index in [1.165, 1.54) is 148 Å². The SMILES string of the molecule is CC/C=C\C/C=C\C/C=C\CCCCCCCCCC(=O)OC(COC(=O)CCCCCCCCCCCCCCCCC)COP(=O)(O)OCC(CO)OC(=O)CCCCCCCCC/C=C\CCCCCCCC. The van der Waals surface area contributed by atoms with Crippen LogP contribution in [-0.4, -0.2) is 66.5 Å². The Morgan fingerprint density at radius 3 is 1.07 bits per heavy atom. The molecule has 0 radical (unpaired) electrons. The number of ether oxygens (including phenoxy) is 3. The quantitative estimate of drug-likeness (QED) is 0.0197. The summed E-state index contributed by atoms with van der Waals surface area (Å²) >= 11 is 0. The Morgan fingerprint density at radius 1 is 0.382 bits per heavy atom. The summed E-state index contributed by atoms with van der Waals surface area (Å²) < 4.78 is 39.7. The van der Waals surface area contributed by atoms with E-state index in [4.69, 9.17) is 23.3 Å². The zero-order valence-electron chi connectivity index (χ0n) is 49.2. The fourth-order valence-corrected chi connectivity index (χ4v) is 9.74. The van der Waals surface area contributed by atoms with Gasteiger partial charge in [0.25, 0.3) is 0 Å². The third-order valence-corrected chi connectivity index (χ3v) is 14.7. The molecule has 444 valence electrons. The number of unbranched alkanes of at least 4 members (excludes halogenated alkanes) is 34. The highest BCUT2D eigenvalue weighted by Crippen LogP contribution is 2.43. The van der Waals surface area contributed by atoms with Crippen LogP contribution in [-0.2, 0) is 42.2 Å². The van der Waals surface area contributed by atoms with Crippen molar-refractivity contribution in [3.8, 4) is 0 Å². The summed E-state index contributed by atoms with van der Waals surface area (Å²) in [7, 11) is -4.75. The van der Waals surface area contributed by atoms with Crippen molar-refractivity contribution in [1.82, 2.24) is 0 Å². The molecule has 0 spiro atoms. The molecule has 0 aromatic heterocycles. The maximum absolute atomic E-state index is 12.9. The number of carbonyl (C=O) groups excluding carboxylic acids is 3. The number of rotatable bonds is 59. The van der Waals surface area contributed by atoms with E-state index in [9.17, 15) is 28.9 Å². The first kappa shape index (κ1) is 73.4. The Kier molecular flexibility index (Phi) is 56.6. The van der Waals surface area contributed by atoms with Crippen molar-refractivity contribution >= 4 is 25.7 Å². The molecule has 0 amide bonds. The Hall–Kier alpha value is -2.56. The molecule has 3 unspecified atom stereocenters. The van der Waals surface area contributed by atoms with Crippen molar-refractivity contribution in [3.05, 3.63) is 48.6 Å². The number of esters is 3. The van der Waals surface area contributed by atoms with Crippen LogP contribution in [0.2, 0.25) is 0 Å². The Morgan fingerprint density at radius 2 is 0.684 bits per heavy atom. The van der Waals surface area contributed by atoms with Gasteiger partial charge in [-0.05, 0) is 77.0 Å². The lowest BCUT2D eigenvalue weighted by Gasteiger charge is -2.21. The molecule has 76 heavy (non-hydrogen) atoms. The second-order valence-electron chi connectivity index (χ2n) is 21.2. The van der Waals surface area contributed by atoms with E-state index in [1.54, 1.807) is 0 Å². The highest BCUT2D eigenvalue weighted by molar-refractivity contribution is 7.47. The summed E-state index contributed by atoms with van der Waals surface area (Å²) in [6.45, 7) is 4.57. The number of phosphoric acid groups is 1. The van der Waals surface area contributed by atoms with Crippen molar-refractivity contribution in [2.45, 2.75) is 315 Å². The second-order valence-corrected chi connectivity index (χ2v) is 22.7. The number of allylic oxidation sites excluding steroid dienone is 8. The van der Waals surface area contributed by atoms with Gasteiger partial charge in [0.05, 0.1) is 19.8 Å². The molecule has 0 aliphatic heterocycles. The smallest absolute Gasteiger partial charge is 0.462 e. The van der Waals surface area contributed by atoms with Crippen LogP contribution in [0.15, 0.2) is 48.6 Å². The van der Waals surface area contributed by atoms with Gasteiger partial charge in [0.1, 0.15) is 12.7 Å². The topological polar surface area (TPSA) is 155 Å². The van der Waals surface area contributed by atoms with Gasteiger partial charge < -0.3 is 24.2 Å². The van der Waals surface area contributed by atoms with Gasteiger partial charge in [-0.15, -0.1) is 0 Å². The summed E-state index contributed by atoms with van der Waals surface area (Å²) in [5, 5.41) is 9.84. The van der Waals surface area contributed by atoms with E-state index in [0.29, 0.717) is 19.3 Å². The predicted molar refractivity (Wildman–Crippen MR) is 316 cm³/mol. The van der Waals surface area contributed by atoms with Crippen LogP contribution in [0.4, 0.5) is 0 Å². The maximum atomic E-state index is 12.9. The molecule has 0 rings (SSSR count). The van der Waals surface area contributed by atoms with E-state index in [0.717, 1.165) is 96.3 Å². The molecule has 0 bridgehead atoms. The number of carbonyl (C=O) groups is 3. The van der Waals surface area contributed by atoms with Gasteiger partial charge in [-0.1, -0.05) is 256 Å². The lowest BCUT2D eigenvalue weighted by Crippen LogP contribution is -2.30. The van der Waals surface area contributed by atoms with Crippen LogP contribution in [0.1, 0.15) is 303 Å². The highest BCUT2D eigenvalue weighted by Gasteiger charge is 2.28. The van der Waals surface area contributed by atoms with Crippen molar-refractivity contribution in [3.63, 3.8) is 0 Å². The fourth-order valence-electron chi connectivity index (χ4n) is 8.96. The van der Waals surface area contributed by atoms with Crippen molar-refractivity contribution in [2.75, 3.05) is 26.4 Å². The fraction of sp³-hybridized carbons (Fsp3) is 0.828. The molecule has 0 aliphatic rings. The largest absolute Gasteiger partial charge is 0.472 e. The van der Waals surface area contributed by atoms with Gasteiger partial charge in [0.2, 0.25) is 0 Å². The molecule has 0 aromatic carbocycles. The third-order valence-electron chi connectivity index (χ3n) is 13.7. The van der Waals surface area contributed by atoms with Crippen molar-refractivity contribution in [2.24, 2.45) is 0 Å². The summed E-state index contributed by atoms with van der Waals surface area (Å²) in [4.78, 5) is 48.7. The van der Waals surface area contributed by atoms with Crippen LogP contribution < -0.4 is 0 Å². The minimum atomic E-state index is -4.75. The first-order chi connectivity index (χ1) is 37.2. The first-order valence-electron chi connectivity index (χ1n) is 31.5. The molecule has 3 atom stereocenters. The minimum absolute atomic E-state index is 0.159. The molecular weight excluding hydrogens is 976 g/mol. The second kappa shape index (κ2) is 58.6. The number of hydrogen-bond donors (Lipinski definition) is 2. The Bertz CT molecular complexity index is 1460. The predicted octanol–water partition coefficient (Wildman–Crippen LogP) is 18.9. The van der Waals surface area contributed by atoms with E-state index in [-0.39, 0.29) is 25.9 Å². The van der Waals surface area contributed by atoms with E-state index in [1.807, 2.05) is 0 Å². The monoisotopic (exact) mass is 1090 g/mol.